The van der Waals surface area contributed by atoms with Crippen LogP contribution in [0.3, 0.4) is 0 Å². The number of aliphatic hydroxyl groups is 1. The zero-order chi connectivity index (χ0) is 22.9. The summed E-state index contributed by atoms with van der Waals surface area (Å²) in [7, 11) is 2.99. The first kappa shape index (κ1) is 22.7. The summed E-state index contributed by atoms with van der Waals surface area (Å²) in [5, 5.41) is 10.5. The van der Waals surface area contributed by atoms with Crippen LogP contribution in [-0.2, 0) is 9.47 Å². The van der Waals surface area contributed by atoms with Crippen molar-refractivity contribution in [2.45, 2.75) is 36.6 Å². The van der Waals surface area contributed by atoms with Gasteiger partial charge < -0.3 is 28.8 Å². The fourth-order valence-electron chi connectivity index (χ4n) is 4.58. The minimum atomic E-state index is -4.74. The molecule has 0 aromatic heterocycles. The van der Waals surface area contributed by atoms with E-state index in [1.54, 1.807) is 42.5 Å². The van der Waals surface area contributed by atoms with E-state index in [1.807, 2.05) is 0 Å². The van der Waals surface area contributed by atoms with Gasteiger partial charge in [-0.2, -0.15) is 13.2 Å². The quantitative estimate of drug-likeness (QED) is 0.619. The van der Waals surface area contributed by atoms with Crippen molar-refractivity contribution in [3.8, 4) is 17.2 Å². The number of benzene rings is 2. The molecule has 0 unspecified atom stereocenters. The SMILES string of the molecule is COCOc1ccc([C@H]2Oc3ccc(OCOC)cc3[C@H]3C[C@](O)(C(F)(F)F)C[C@H]32)cc1. The predicted octanol–water partition coefficient (Wildman–Crippen LogP) is 4.57. The van der Waals surface area contributed by atoms with Gasteiger partial charge in [0.15, 0.2) is 19.2 Å². The Morgan fingerprint density at radius 1 is 0.969 bits per heavy atom. The van der Waals surface area contributed by atoms with E-state index >= 15 is 0 Å². The second kappa shape index (κ2) is 8.80. The molecular weight excluding hydrogens is 429 g/mol. The minimum absolute atomic E-state index is 0.0142. The lowest BCUT2D eigenvalue weighted by molar-refractivity contribution is -0.258. The normalized spacial score (nSPS) is 26.8. The number of hydrogen-bond acceptors (Lipinski definition) is 6. The molecular formula is C23H25F3O6. The van der Waals surface area contributed by atoms with Gasteiger partial charge in [-0.1, -0.05) is 12.1 Å². The van der Waals surface area contributed by atoms with Gasteiger partial charge in [0.2, 0.25) is 0 Å². The Labute approximate surface area is 183 Å². The first-order valence-corrected chi connectivity index (χ1v) is 10.2. The van der Waals surface area contributed by atoms with E-state index in [0.717, 1.165) is 0 Å². The van der Waals surface area contributed by atoms with E-state index in [9.17, 15) is 18.3 Å². The van der Waals surface area contributed by atoms with Gasteiger partial charge >= 0.3 is 6.18 Å². The zero-order valence-electron chi connectivity index (χ0n) is 17.7. The fourth-order valence-corrected chi connectivity index (χ4v) is 4.58. The number of ether oxygens (including phenoxy) is 5. The average Bonchev–Trinajstić information content (AvgIpc) is 3.15. The first-order chi connectivity index (χ1) is 15.3. The van der Waals surface area contributed by atoms with Crippen molar-refractivity contribution in [3.05, 3.63) is 53.6 Å². The van der Waals surface area contributed by atoms with Crippen LogP contribution in [0.4, 0.5) is 13.2 Å². The number of alkyl halides is 3. The molecule has 9 heteroatoms. The lowest BCUT2D eigenvalue weighted by Crippen LogP contribution is -2.43. The molecule has 2 aliphatic rings. The number of fused-ring (bicyclic) bond motifs is 3. The van der Waals surface area contributed by atoms with Crippen molar-refractivity contribution in [3.63, 3.8) is 0 Å². The van der Waals surface area contributed by atoms with Crippen LogP contribution < -0.4 is 14.2 Å². The molecule has 0 amide bonds. The largest absolute Gasteiger partial charge is 0.485 e. The molecule has 6 nitrogen and oxygen atoms in total. The summed E-state index contributed by atoms with van der Waals surface area (Å²) < 4.78 is 68.1. The van der Waals surface area contributed by atoms with Crippen molar-refractivity contribution in [2.24, 2.45) is 5.92 Å². The Morgan fingerprint density at radius 2 is 1.59 bits per heavy atom. The standard InChI is InChI=1S/C23H25F3O6/c1-28-12-30-15-5-3-14(4-6-15)21-19-11-22(27,23(24,25)26)10-18(19)17-9-16(31-13-29-2)7-8-20(17)32-21/h3-9,18-19,21,27H,10-13H2,1-2H3/t18-,19-,21-,22-/m1/s1. The summed E-state index contributed by atoms with van der Waals surface area (Å²) >= 11 is 0. The van der Waals surface area contributed by atoms with Gasteiger partial charge in [-0.05, 0) is 54.7 Å². The van der Waals surface area contributed by atoms with Crippen LogP contribution in [-0.4, -0.2) is 44.7 Å². The molecule has 1 saturated carbocycles. The van der Waals surface area contributed by atoms with Crippen molar-refractivity contribution in [2.75, 3.05) is 27.8 Å². The Morgan fingerprint density at radius 3 is 2.22 bits per heavy atom. The van der Waals surface area contributed by atoms with Crippen LogP contribution >= 0.6 is 0 Å². The van der Waals surface area contributed by atoms with Gasteiger partial charge in [-0.15, -0.1) is 0 Å². The highest BCUT2D eigenvalue weighted by Crippen LogP contribution is 2.60. The molecule has 4 rings (SSSR count). The molecule has 4 atom stereocenters. The number of halogens is 3. The molecule has 0 saturated heterocycles. The third-order valence-corrected chi connectivity index (χ3v) is 6.09. The van der Waals surface area contributed by atoms with Crippen LogP contribution in [0.5, 0.6) is 17.2 Å². The molecule has 1 aliphatic carbocycles. The Balaban J connectivity index is 1.69. The van der Waals surface area contributed by atoms with Gasteiger partial charge in [0.1, 0.15) is 23.4 Å². The van der Waals surface area contributed by atoms with Gasteiger partial charge in [-0.3, -0.25) is 0 Å². The van der Waals surface area contributed by atoms with Crippen molar-refractivity contribution in [1.82, 2.24) is 0 Å². The van der Waals surface area contributed by atoms with Crippen LogP contribution in [0.25, 0.3) is 0 Å². The predicted molar refractivity (Wildman–Crippen MR) is 108 cm³/mol. The van der Waals surface area contributed by atoms with E-state index in [1.165, 1.54) is 14.2 Å². The Kier molecular flexibility index (Phi) is 6.24. The molecule has 174 valence electrons. The van der Waals surface area contributed by atoms with Crippen molar-refractivity contribution < 1.29 is 42.0 Å². The van der Waals surface area contributed by atoms with E-state index in [2.05, 4.69) is 0 Å². The number of methoxy groups -OCH3 is 2. The van der Waals surface area contributed by atoms with E-state index in [0.29, 0.717) is 28.4 Å². The van der Waals surface area contributed by atoms with Crippen LogP contribution in [0, 0.1) is 5.92 Å². The molecule has 1 fully saturated rings. The monoisotopic (exact) mass is 454 g/mol. The number of hydrogen-bond donors (Lipinski definition) is 1. The summed E-state index contributed by atoms with van der Waals surface area (Å²) in [4.78, 5) is 0. The van der Waals surface area contributed by atoms with Gasteiger partial charge in [0, 0.05) is 25.7 Å². The molecule has 32 heavy (non-hydrogen) atoms. The second-order valence-electron chi connectivity index (χ2n) is 8.12. The average molecular weight is 454 g/mol. The molecule has 1 aliphatic heterocycles. The molecule has 0 spiro atoms. The molecule has 1 N–H and O–H groups in total. The molecule has 0 bridgehead atoms. The van der Waals surface area contributed by atoms with Crippen LogP contribution in [0.2, 0.25) is 0 Å². The third-order valence-electron chi connectivity index (χ3n) is 6.09. The van der Waals surface area contributed by atoms with Crippen LogP contribution in [0.1, 0.15) is 36.0 Å². The molecule has 2 aromatic rings. The minimum Gasteiger partial charge on any atom is -0.485 e. The smallest absolute Gasteiger partial charge is 0.417 e. The van der Waals surface area contributed by atoms with Gasteiger partial charge in [-0.25, -0.2) is 0 Å². The maximum atomic E-state index is 13.7. The molecule has 1 heterocycles. The van der Waals surface area contributed by atoms with Crippen molar-refractivity contribution >= 4 is 0 Å². The summed E-state index contributed by atoms with van der Waals surface area (Å²) in [6.07, 6.45) is -6.27. The van der Waals surface area contributed by atoms with E-state index in [-0.39, 0.29) is 13.6 Å². The lowest BCUT2D eigenvalue weighted by Gasteiger charge is -2.36. The maximum absolute atomic E-state index is 13.7. The van der Waals surface area contributed by atoms with Crippen molar-refractivity contribution in [1.29, 1.82) is 0 Å². The molecule has 0 radical (unpaired) electrons. The van der Waals surface area contributed by atoms with Gasteiger partial charge in [0.05, 0.1) is 0 Å². The lowest BCUT2D eigenvalue weighted by atomic mass is 9.80. The summed E-state index contributed by atoms with van der Waals surface area (Å²) in [5.74, 6) is 0.394. The summed E-state index contributed by atoms with van der Waals surface area (Å²) in [5.41, 5.74) is -1.47. The van der Waals surface area contributed by atoms with Gasteiger partial charge in [0.25, 0.3) is 0 Å². The zero-order valence-corrected chi connectivity index (χ0v) is 17.7. The molecule has 2 aromatic carbocycles. The highest BCUT2D eigenvalue weighted by atomic mass is 19.4. The van der Waals surface area contributed by atoms with Crippen LogP contribution in [0.15, 0.2) is 42.5 Å². The second-order valence-corrected chi connectivity index (χ2v) is 8.12. The van der Waals surface area contributed by atoms with E-state index in [4.69, 9.17) is 23.7 Å². The Bertz CT molecular complexity index is 932. The third kappa shape index (κ3) is 4.24. The number of rotatable bonds is 7. The fraction of sp³-hybridized carbons (Fsp3) is 0.478. The summed E-state index contributed by atoms with van der Waals surface area (Å²) in [6.45, 7) is 0.101. The first-order valence-electron chi connectivity index (χ1n) is 10.2. The highest BCUT2D eigenvalue weighted by molar-refractivity contribution is 5.47. The Hall–Kier alpha value is -2.49. The summed E-state index contributed by atoms with van der Waals surface area (Å²) in [6, 6.07) is 12.0. The maximum Gasteiger partial charge on any atom is 0.417 e. The van der Waals surface area contributed by atoms with E-state index < -0.39 is 42.6 Å². The topological polar surface area (TPSA) is 66.4 Å². The highest BCUT2D eigenvalue weighted by Gasteiger charge is 2.63.